The van der Waals surface area contributed by atoms with Gasteiger partial charge in [-0.2, -0.15) is 13.8 Å². The Labute approximate surface area is 287 Å². The van der Waals surface area contributed by atoms with Gasteiger partial charge in [-0.05, 0) is 30.7 Å². The smallest absolute Gasteiger partial charge is 0.351 e. The van der Waals surface area contributed by atoms with Crippen molar-refractivity contribution in [3.8, 4) is 0 Å². The topological polar surface area (TPSA) is 179 Å². The van der Waals surface area contributed by atoms with Crippen LogP contribution in [0.15, 0.2) is 65.6 Å². The highest BCUT2D eigenvalue weighted by atomic mass is 19.3. The third kappa shape index (κ3) is 3.97. The summed E-state index contributed by atoms with van der Waals surface area (Å²) in [5.41, 5.74) is 9.14. The van der Waals surface area contributed by atoms with Crippen molar-refractivity contribution >= 4 is 55.3 Å². The molecule has 10 rings (SSSR count). The highest BCUT2D eigenvalue weighted by molar-refractivity contribution is 6.31. The first-order chi connectivity index (χ1) is 24.4. The number of aromatic nitrogens is 4. The Morgan fingerprint density at radius 2 is 1.69 bits per heavy atom. The zero-order valence-corrected chi connectivity index (χ0v) is 27.5. The highest BCUT2D eigenvalue weighted by Crippen LogP contribution is 2.60. The number of anilines is 1. The molecule has 6 atom stereocenters. The molecule has 13 nitrogen and oxygen atoms in total. The van der Waals surface area contributed by atoms with E-state index in [2.05, 4.69) is 69.7 Å². The summed E-state index contributed by atoms with van der Waals surface area (Å²) in [6.45, 7) is 4.00. The van der Waals surface area contributed by atoms with Crippen LogP contribution in [0, 0.1) is 5.41 Å². The number of hydrogen-bond acceptors (Lipinski definition) is 9. The second-order valence-electron chi connectivity index (χ2n) is 14.1. The van der Waals surface area contributed by atoms with Crippen LogP contribution in [0.5, 0.6) is 0 Å². The van der Waals surface area contributed by atoms with Gasteiger partial charge in [-0.25, -0.2) is 4.79 Å². The summed E-state index contributed by atoms with van der Waals surface area (Å²) in [6, 6.07) is 17.8. The number of nitrogens with two attached hydrogens (primary N) is 1. The van der Waals surface area contributed by atoms with Crippen molar-refractivity contribution < 1.29 is 38.4 Å². The van der Waals surface area contributed by atoms with E-state index in [4.69, 9.17) is 20.3 Å². The molecule has 0 saturated carbocycles. The lowest BCUT2D eigenvalue weighted by molar-refractivity contribution is -0.149. The Morgan fingerprint density at radius 3 is 2.35 bits per heavy atom. The van der Waals surface area contributed by atoms with E-state index >= 15 is 0 Å². The maximum atomic E-state index is 13.7. The molecular formula is C36H34F2N6O7. The number of para-hydroxylation sites is 2. The summed E-state index contributed by atoms with van der Waals surface area (Å²) in [5.74, 6) is -3.83. The fourth-order valence-electron chi connectivity index (χ4n) is 8.65. The molecular weight excluding hydrogens is 666 g/mol. The number of ether oxygens (including phenoxy) is 2. The van der Waals surface area contributed by atoms with E-state index in [1.807, 2.05) is 12.1 Å². The first kappa shape index (κ1) is 32.0. The summed E-state index contributed by atoms with van der Waals surface area (Å²) in [5, 5.41) is 36.2. The predicted molar refractivity (Wildman–Crippen MR) is 182 cm³/mol. The van der Waals surface area contributed by atoms with Gasteiger partial charge in [0.15, 0.2) is 11.8 Å². The number of carbonyl (C=O) groups excluding carboxylic acids is 1. The molecule has 7 heterocycles. The van der Waals surface area contributed by atoms with Crippen LogP contribution in [-0.2, 0) is 21.7 Å². The highest BCUT2D eigenvalue weighted by Gasteiger charge is 2.60. The molecule has 6 aromatic rings. The van der Waals surface area contributed by atoms with Gasteiger partial charge in [0.2, 0.25) is 6.23 Å². The molecule has 15 heteroatoms. The van der Waals surface area contributed by atoms with Crippen LogP contribution in [-0.4, -0.2) is 71.3 Å². The normalized spacial score (nSPS) is 28.8. The van der Waals surface area contributed by atoms with Crippen molar-refractivity contribution in [1.29, 1.82) is 0 Å². The molecule has 2 fully saturated rings. The number of nitrogens with one attached hydrogen (secondary N) is 1. The molecule has 6 N–H and O–H groups in total. The van der Waals surface area contributed by atoms with Crippen molar-refractivity contribution in [2.75, 3.05) is 18.9 Å². The second kappa shape index (κ2) is 10.6. The average Bonchev–Trinajstić information content (AvgIpc) is 3.86. The standard InChI is InChI=1S/C27H23N3O3.C9H11F2N3O4/c1-26(13-31)11-19-29-17-9-5-3-7-14(17)21-22-16(12-28-25(22)32)20-15-8-4-6-10-18(15)30(24(20)23(21)29)27(26,2)33-19;10-9(11)6(16)4(3-15)18-7(9)14-2-1-5(12)13-8(14)17/h3-10,19,31H,11-13H2,1-2H3,(H,28,32);1-2,4,6-7,15-16H,3H2,(H2,12,13,17)/t19?,26-,27+;4-,6-,7-/m01/s1. The van der Waals surface area contributed by atoms with Gasteiger partial charge in [-0.3, -0.25) is 9.36 Å². The molecule has 2 saturated heterocycles. The number of nitrogens with zero attached hydrogens (tertiary/aromatic N) is 4. The zero-order chi connectivity index (χ0) is 35.8. The fourth-order valence-corrected chi connectivity index (χ4v) is 8.65. The van der Waals surface area contributed by atoms with E-state index in [1.165, 1.54) is 0 Å². The summed E-state index contributed by atoms with van der Waals surface area (Å²) in [4.78, 5) is 27.9. The van der Waals surface area contributed by atoms with E-state index in [0.29, 0.717) is 17.5 Å². The van der Waals surface area contributed by atoms with Gasteiger partial charge in [-0.15, -0.1) is 0 Å². The van der Waals surface area contributed by atoms with Gasteiger partial charge in [-0.1, -0.05) is 43.3 Å². The van der Waals surface area contributed by atoms with Gasteiger partial charge in [0.1, 0.15) is 18.1 Å². The Bertz CT molecular complexity index is 2530. The molecule has 3 aromatic carbocycles. The molecule has 2 bridgehead atoms. The zero-order valence-electron chi connectivity index (χ0n) is 27.5. The molecule has 0 aliphatic carbocycles. The quantitative estimate of drug-likeness (QED) is 0.185. The molecule has 4 aliphatic heterocycles. The van der Waals surface area contributed by atoms with E-state index in [9.17, 15) is 28.6 Å². The van der Waals surface area contributed by atoms with Crippen LogP contribution in [0.1, 0.15) is 48.6 Å². The van der Waals surface area contributed by atoms with Gasteiger partial charge >= 0.3 is 11.6 Å². The molecule has 0 radical (unpaired) electrons. The van der Waals surface area contributed by atoms with Gasteiger partial charge in [0.25, 0.3) is 5.91 Å². The van der Waals surface area contributed by atoms with Crippen LogP contribution >= 0.6 is 0 Å². The van der Waals surface area contributed by atoms with Crippen molar-refractivity contribution in [3.05, 3.63) is 82.4 Å². The first-order valence-electron chi connectivity index (χ1n) is 16.6. The number of aliphatic hydroxyl groups is 3. The largest absolute Gasteiger partial charge is 0.396 e. The van der Waals surface area contributed by atoms with E-state index in [0.717, 1.165) is 67.0 Å². The van der Waals surface area contributed by atoms with E-state index in [1.54, 1.807) is 0 Å². The number of halogens is 2. The number of fused-ring (bicyclic) bond motifs is 13. The lowest BCUT2D eigenvalue weighted by Crippen LogP contribution is -2.45. The van der Waals surface area contributed by atoms with Crippen LogP contribution in [0.2, 0.25) is 0 Å². The number of carbonyl (C=O) groups is 1. The molecule has 264 valence electrons. The number of rotatable bonds is 3. The van der Waals surface area contributed by atoms with Crippen molar-refractivity contribution in [2.24, 2.45) is 5.41 Å². The predicted octanol–water partition coefficient (Wildman–Crippen LogP) is 3.46. The third-order valence-electron chi connectivity index (χ3n) is 11.4. The van der Waals surface area contributed by atoms with Crippen LogP contribution < -0.4 is 16.7 Å². The Morgan fingerprint density at radius 1 is 1.00 bits per heavy atom. The lowest BCUT2D eigenvalue weighted by atomic mass is 9.78. The van der Waals surface area contributed by atoms with Crippen molar-refractivity contribution in [2.45, 2.75) is 63.1 Å². The third-order valence-corrected chi connectivity index (χ3v) is 11.4. The van der Waals surface area contributed by atoms with E-state index < -0.39 is 47.8 Å². The lowest BCUT2D eigenvalue weighted by Gasteiger charge is -2.40. The Hall–Kier alpha value is -4.93. The van der Waals surface area contributed by atoms with Crippen LogP contribution in [0.3, 0.4) is 0 Å². The average molecular weight is 701 g/mol. The minimum absolute atomic E-state index is 0.00614. The monoisotopic (exact) mass is 700 g/mol. The Kier molecular flexibility index (Phi) is 6.62. The molecule has 51 heavy (non-hydrogen) atoms. The number of amides is 1. The first-order valence-corrected chi connectivity index (χ1v) is 16.6. The second-order valence-corrected chi connectivity index (χ2v) is 14.1. The van der Waals surface area contributed by atoms with Crippen molar-refractivity contribution in [1.82, 2.24) is 24.0 Å². The van der Waals surface area contributed by atoms with Gasteiger partial charge < -0.3 is 45.0 Å². The van der Waals surface area contributed by atoms with E-state index in [-0.39, 0.29) is 24.6 Å². The molecule has 1 unspecified atom stereocenters. The van der Waals surface area contributed by atoms with Gasteiger partial charge in [0, 0.05) is 46.1 Å². The van der Waals surface area contributed by atoms with Crippen LogP contribution in [0.4, 0.5) is 14.6 Å². The summed E-state index contributed by atoms with van der Waals surface area (Å²) in [7, 11) is 0. The minimum Gasteiger partial charge on any atom is -0.396 e. The number of aliphatic hydroxyl groups excluding tert-OH is 3. The SMILES string of the molecule is C[C@@]1(CO)CC2O[C@@]1(C)n1c3ccccc3c3c4c(c5c6ccccc6n2c5c31)C(=O)NC4.Nc1ccn([C@@H]2O[C@H](CO)[C@@H](O)C2(F)F)c(=O)n1. The molecule has 1 amide bonds. The number of hydrogen-bond donors (Lipinski definition) is 5. The fraction of sp³-hybridized carbons (Fsp3) is 0.361. The van der Waals surface area contributed by atoms with Crippen LogP contribution in [0.25, 0.3) is 43.6 Å². The number of alkyl halides is 2. The Balaban J connectivity index is 0.000000165. The molecule has 3 aromatic heterocycles. The van der Waals surface area contributed by atoms with Crippen molar-refractivity contribution in [3.63, 3.8) is 0 Å². The number of nitrogen functional groups attached to an aromatic ring is 1. The molecule has 0 spiro atoms. The summed E-state index contributed by atoms with van der Waals surface area (Å²) < 4.78 is 44.3. The maximum Gasteiger partial charge on any atom is 0.351 e. The maximum absolute atomic E-state index is 13.7. The number of benzene rings is 3. The molecule has 4 aliphatic rings. The summed E-state index contributed by atoms with van der Waals surface area (Å²) >= 11 is 0. The van der Waals surface area contributed by atoms with Gasteiger partial charge in [0.05, 0.1) is 40.8 Å². The summed E-state index contributed by atoms with van der Waals surface area (Å²) in [6.07, 6.45) is -4.24. The minimum atomic E-state index is -3.71.